The van der Waals surface area contributed by atoms with Gasteiger partial charge in [0.25, 0.3) is 0 Å². The second-order valence-corrected chi connectivity index (χ2v) is 4.14. The second kappa shape index (κ2) is 4.82. The highest BCUT2D eigenvalue weighted by atomic mass is 35.5. The standard InChI is InChI=1S/C13H12ClNO3/c1-7-8-4-11(17-2)12(18-3)5-10(8)15-13(14)9(7)6-16/h4-6H,1-3H3. The molecule has 5 heteroatoms. The van der Waals surface area contributed by atoms with Crippen LogP contribution in [0.15, 0.2) is 12.1 Å². The molecule has 0 aliphatic rings. The van der Waals surface area contributed by atoms with Gasteiger partial charge in [-0.3, -0.25) is 4.79 Å². The quantitative estimate of drug-likeness (QED) is 0.632. The van der Waals surface area contributed by atoms with Crippen molar-refractivity contribution in [3.05, 3.63) is 28.4 Å². The first kappa shape index (κ1) is 12.6. The van der Waals surface area contributed by atoms with E-state index in [4.69, 9.17) is 21.1 Å². The first-order valence-corrected chi connectivity index (χ1v) is 5.67. The molecule has 0 spiro atoms. The van der Waals surface area contributed by atoms with Crippen LogP contribution in [0.25, 0.3) is 10.9 Å². The average molecular weight is 266 g/mol. The largest absolute Gasteiger partial charge is 0.493 e. The third kappa shape index (κ3) is 1.88. The SMILES string of the molecule is COc1cc2nc(Cl)c(C=O)c(C)c2cc1OC. The van der Waals surface area contributed by atoms with Gasteiger partial charge in [0.1, 0.15) is 5.15 Å². The van der Waals surface area contributed by atoms with Gasteiger partial charge in [0, 0.05) is 11.5 Å². The van der Waals surface area contributed by atoms with Crippen molar-refractivity contribution in [2.75, 3.05) is 14.2 Å². The molecule has 4 nitrogen and oxygen atoms in total. The van der Waals surface area contributed by atoms with Gasteiger partial charge in [0.05, 0.1) is 25.3 Å². The summed E-state index contributed by atoms with van der Waals surface area (Å²) in [4.78, 5) is 15.2. The number of methoxy groups -OCH3 is 2. The summed E-state index contributed by atoms with van der Waals surface area (Å²) >= 11 is 5.96. The molecule has 0 atom stereocenters. The summed E-state index contributed by atoms with van der Waals surface area (Å²) in [6.45, 7) is 1.82. The van der Waals surface area contributed by atoms with E-state index in [0.29, 0.717) is 28.9 Å². The first-order valence-electron chi connectivity index (χ1n) is 5.29. The number of hydrogen-bond donors (Lipinski definition) is 0. The molecular formula is C13H12ClNO3. The number of hydrogen-bond acceptors (Lipinski definition) is 4. The van der Waals surface area contributed by atoms with Gasteiger partial charge in [0.15, 0.2) is 17.8 Å². The summed E-state index contributed by atoms with van der Waals surface area (Å²) in [5.41, 5.74) is 1.85. The van der Waals surface area contributed by atoms with Gasteiger partial charge in [-0.25, -0.2) is 4.98 Å². The van der Waals surface area contributed by atoms with E-state index in [0.717, 1.165) is 10.9 Å². The fraction of sp³-hybridized carbons (Fsp3) is 0.231. The lowest BCUT2D eigenvalue weighted by Crippen LogP contribution is -1.97. The van der Waals surface area contributed by atoms with Crippen molar-refractivity contribution in [1.29, 1.82) is 0 Å². The van der Waals surface area contributed by atoms with Crippen molar-refractivity contribution in [2.24, 2.45) is 0 Å². The van der Waals surface area contributed by atoms with Gasteiger partial charge in [0.2, 0.25) is 0 Å². The predicted octanol–water partition coefficient (Wildman–Crippen LogP) is 3.03. The van der Waals surface area contributed by atoms with E-state index in [2.05, 4.69) is 4.98 Å². The molecule has 1 aromatic heterocycles. The number of rotatable bonds is 3. The number of aldehydes is 1. The molecule has 2 aromatic rings. The van der Waals surface area contributed by atoms with Crippen LogP contribution in [0.3, 0.4) is 0 Å². The molecule has 0 bridgehead atoms. The molecule has 0 aliphatic heterocycles. The number of nitrogens with zero attached hydrogens (tertiary/aromatic N) is 1. The minimum Gasteiger partial charge on any atom is -0.493 e. The fourth-order valence-corrected chi connectivity index (χ4v) is 2.14. The second-order valence-electron chi connectivity index (χ2n) is 3.78. The summed E-state index contributed by atoms with van der Waals surface area (Å²) < 4.78 is 10.4. The highest BCUT2D eigenvalue weighted by Gasteiger charge is 2.13. The van der Waals surface area contributed by atoms with Crippen LogP contribution in [0.4, 0.5) is 0 Å². The van der Waals surface area contributed by atoms with E-state index < -0.39 is 0 Å². The number of ether oxygens (including phenoxy) is 2. The van der Waals surface area contributed by atoms with Gasteiger partial charge < -0.3 is 9.47 Å². The van der Waals surface area contributed by atoms with Crippen LogP contribution in [-0.2, 0) is 0 Å². The van der Waals surface area contributed by atoms with Gasteiger partial charge in [-0.15, -0.1) is 0 Å². The van der Waals surface area contributed by atoms with Gasteiger partial charge in [-0.2, -0.15) is 0 Å². The minimum absolute atomic E-state index is 0.196. The van der Waals surface area contributed by atoms with E-state index >= 15 is 0 Å². The van der Waals surface area contributed by atoms with Crippen molar-refractivity contribution in [1.82, 2.24) is 4.98 Å². The zero-order chi connectivity index (χ0) is 13.3. The molecule has 2 rings (SSSR count). The molecule has 0 aliphatic carbocycles. The highest BCUT2D eigenvalue weighted by Crippen LogP contribution is 2.34. The molecule has 0 saturated carbocycles. The lowest BCUT2D eigenvalue weighted by atomic mass is 10.1. The van der Waals surface area contributed by atoms with Crippen molar-refractivity contribution < 1.29 is 14.3 Å². The Hall–Kier alpha value is -1.81. The van der Waals surface area contributed by atoms with Gasteiger partial charge >= 0.3 is 0 Å². The summed E-state index contributed by atoms with van der Waals surface area (Å²) in [7, 11) is 3.11. The Morgan fingerprint density at radius 3 is 2.39 bits per heavy atom. The number of carbonyl (C=O) groups is 1. The summed E-state index contributed by atoms with van der Waals surface area (Å²) in [5.74, 6) is 1.17. The number of fused-ring (bicyclic) bond motifs is 1. The fourth-order valence-electron chi connectivity index (χ4n) is 1.86. The van der Waals surface area contributed by atoms with Crippen LogP contribution in [0, 0.1) is 6.92 Å². The summed E-state index contributed by atoms with van der Waals surface area (Å²) in [5, 5.41) is 1.02. The smallest absolute Gasteiger partial charge is 0.162 e. The van der Waals surface area contributed by atoms with Crippen molar-refractivity contribution >= 4 is 28.8 Å². The maximum atomic E-state index is 11.0. The lowest BCUT2D eigenvalue weighted by molar-refractivity contribution is 0.112. The average Bonchev–Trinajstić information content (AvgIpc) is 2.37. The Balaban J connectivity index is 2.85. The molecule has 18 heavy (non-hydrogen) atoms. The Labute approximate surface area is 109 Å². The molecule has 1 heterocycles. The number of benzene rings is 1. The van der Waals surface area contributed by atoms with Crippen molar-refractivity contribution in [3.63, 3.8) is 0 Å². The molecular weight excluding hydrogens is 254 g/mol. The van der Waals surface area contributed by atoms with Crippen LogP contribution < -0.4 is 9.47 Å². The number of aryl methyl sites for hydroxylation is 1. The van der Waals surface area contributed by atoms with E-state index in [1.165, 1.54) is 0 Å². The Morgan fingerprint density at radius 2 is 1.83 bits per heavy atom. The summed E-state index contributed by atoms with van der Waals surface area (Å²) in [6.07, 6.45) is 0.709. The maximum absolute atomic E-state index is 11.0. The number of carbonyl (C=O) groups excluding carboxylic acids is 1. The van der Waals surface area contributed by atoms with Crippen LogP contribution >= 0.6 is 11.6 Å². The number of halogens is 1. The van der Waals surface area contributed by atoms with E-state index in [-0.39, 0.29) is 5.15 Å². The third-order valence-corrected chi connectivity index (χ3v) is 3.16. The topological polar surface area (TPSA) is 48.4 Å². The number of pyridine rings is 1. The predicted molar refractivity (Wildman–Crippen MR) is 70.0 cm³/mol. The highest BCUT2D eigenvalue weighted by molar-refractivity contribution is 6.32. The molecule has 0 N–H and O–H groups in total. The Morgan fingerprint density at radius 1 is 1.22 bits per heavy atom. The normalized spacial score (nSPS) is 10.4. The van der Waals surface area contributed by atoms with E-state index in [1.807, 2.05) is 6.92 Å². The van der Waals surface area contributed by atoms with Gasteiger partial charge in [-0.05, 0) is 18.6 Å². The van der Waals surface area contributed by atoms with E-state index in [9.17, 15) is 4.79 Å². The van der Waals surface area contributed by atoms with Crippen LogP contribution in [-0.4, -0.2) is 25.5 Å². The molecule has 0 unspecified atom stereocenters. The molecule has 94 valence electrons. The monoisotopic (exact) mass is 265 g/mol. The van der Waals surface area contributed by atoms with Crippen LogP contribution in [0.1, 0.15) is 15.9 Å². The van der Waals surface area contributed by atoms with Crippen molar-refractivity contribution in [3.8, 4) is 11.5 Å². The van der Waals surface area contributed by atoms with Crippen molar-refractivity contribution in [2.45, 2.75) is 6.92 Å². The molecule has 0 fully saturated rings. The van der Waals surface area contributed by atoms with Gasteiger partial charge in [-0.1, -0.05) is 11.6 Å². The zero-order valence-corrected chi connectivity index (χ0v) is 11.0. The first-order chi connectivity index (χ1) is 8.62. The summed E-state index contributed by atoms with van der Waals surface area (Å²) in [6, 6.07) is 3.53. The van der Waals surface area contributed by atoms with E-state index in [1.54, 1.807) is 26.4 Å². The molecule has 0 saturated heterocycles. The van der Waals surface area contributed by atoms with Crippen LogP contribution in [0.5, 0.6) is 11.5 Å². The maximum Gasteiger partial charge on any atom is 0.162 e. The Bertz CT molecular complexity index is 625. The third-order valence-electron chi connectivity index (χ3n) is 2.87. The molecule has 0 radical (unpaired) electrons. The molecule has 1 aromatic carbocycles. The molecule has 0 amide bonds. The number of aromatic nitrogens is 1. The zero-order valence-electron chi connectivity index (χ0n) is 10.3. The Kier molecular flexibility index (Phi) is 3.39. The van der Waals surface area contributed by atoms with Crippen LogP contribution in [0.2, 0.25) is 5.15 Å². The lowest BCUT2D eigenvalue weighted by Gasteiger charge is -2.11. The minimum atomic E-state index is 0.196.